The van der Waals surface area contributed by atoms with Gasteiger partial charge in [0.05, 0.1) is 0 Å². The topological polar surface area (TPSA) is 12.0 Å². The molecule has 1 unspecified atom stereocenters. The predicted octanol–water partition coefficient (Wildman–Crippen LogP) is 4.13. The van der Waals surface area contributed by atoms with Gasteiger partial charge in [-0.05, 0) is 68.2 Å². The van der Waals surface area contributed by atoms with E-state index in [1.807, 2.05) is 0 Å². The smallest absolute Gasteiger partial charge is 0.00104 e. The number of hydrogen-bond acceptors (Lipinski definition) is 1. The molecule has 0 aromatic rings. The number of hydrogen-bond donors (Lipinski definition) is 1. The van der Waals surface area contributed by atoms with Gasteiger partial charge >= 0.3 is 0 Å². The highest BCUT2D eigenvalue weighted by atomic mass is 14.9. The van der Waals surface area contributed by atoms with Crippen molar-refractivity contribution >= 4 is 0 Å². The lowest BCUT2D eigenvalue weighted by Crippen LogP contribution is -2.30. The molecule has 0 bridgehead atoms. The monoisotopic (exact) mass is 235 g/mol. The Morgan fingerprint density at radius 2 is 1.65 bits per heavy atom. The highest BCUT2D eigenvalue weighted by molar-refractivity contribution is 5.07. The van der Waals surface area contributed by atoms with E-state index >= 15 is 0 Å². The Bertz CT molecular complexity index is 265. The first-order valence-corrected chi connectivity index (χ1v) is 7.88. The molecule has 0 heterocycles. The molecule has 3 aliphatic rings. The summed E-state index contributed by atoms with van der Waals surface area (Å²) in [7, 11) is 0. The maximum atomic E-state index is 3.64. The molecule has 0 aromatic heterocycles. The van der Waals surface area contributed by atoms with E-state index in [1.165, 1.54) is 25.8 Å². The summed E-state index contributed by atoms with van der Waals surface area (Å²) in [6.45, 7) is 5.82. The molecular weight excluding hydrogens is 206 g/mol. The molecule has 3 saturated carbocycles. The van der Waals surface area contributed by atoms with Crippen molar-refractivity contribution in [2.45, 2.75) is 77.7 Å². The first kappa shape index (κ1) is 12.0. The first-order chi connectivity index (χ1) is 8.14. The number of rotatable bonds is 3. The standard InChI is InChI=1S/C16H29N/c1-13(2)17-12-14-11-16(14)9-7-15(8-10-16)5-3-4-6-15/h13-14,17H,3-12H2,1-2H3. The Morgan fingerprint density at radius 3 is 2.24 bits per heavy atom. The van der Waals surface area contributed by atoms with Crippen LogP contribution in [0.15, 0.2) is 0 Å². The fraction of sp³-hybridized carbons (Fsp3) is 1.00. The van der Waals surface area contributed by atoms with Crippen molar-refractivity contribution in [2.75, 3.05) is 6.54 Å². The maximum Gasteiger partial charge on any atom is 0.00104 e. The quantitative estimate of drug-likeness (QED) is 0.775. The number of nitrogens with one attached hydrogen (secondary N) is 1. The minimum absolute atomic E-state index is 0.664. The highest BCUT2D eigenvalue weighted by Crippen LogP contribution is 2.66. The zero-order chi connectivity index (χ0) is 11.9. The van der Waals surface area contributed by atoms with Crippen molar-refractivity contribution in [3.05, 3.63) is 0 Å². The Hall–Kier alpha value is -0.0400. The van der Waals surface area contributed by atoms with Crippen LogP contribution in [0.5, 0.6) is 0 Å². The van der Waals surface area contributed by atoms with Crippen LogP contribution in [0.25, 0.3) is 0 Å². The maximum absolute atomic E-state index is 3.64. The molecule has 0 amide bonds. The minimum atomic E-state index is 0.664. The highest BCUT2D eigenvalue weighted by Gasteiger charge is 2.56. The molecule has 1 N–H and O–H groups in total. The summed E-state index contributed by atoms with van der Waals surface area (Å²) in [6, 6.07) is 0.664. The average Bonchev–Trinajstić information content (AvgIpc) is 2.79. The van der Waals surface area contributed by atoms with Crippen LogP contribution in [-0.4, -0.2) is 12.6 Å². The van der Waals surface area contributed by atoms with Gasteiger partial charge in [0.1, 0.15) is 0 Å². The molecule has 3 fully saturated rings. The van der Waals surface area contributed by atoms with E-state index in [0.29, 0.717) is 6.04 Å². The predicted molar refractivity (Wildman–Crippen MR) is 73.0 cm³/mol. The summed E-state index contributed by atoms with van der Waals surface area (Å²) in [5.41, 5.74) is 1.62. The summed E-state index contributed by atoms with van der Waals surface area (Å²) in [6.07, 6.45) is 13.9. The van der Waals surface area contributed by atoms with Gasteiger partial charge in [-0.2, -0.15) is 0 Å². The van der Waals surface area contributed by atoms with Crippen LogP contribution >= 0.6 is 0 Å². The van der Waals surface area contributed by atoms with Crippen molar-refractivity contribution in [2.24, 2.45) is 16.7 Å². The minimum Gasteiger partial charge on any atom is -0.314 e. The van der Waals surface area contributed by atoms with E-state index in [0.717, 1.165) is 16.7 Å². The lowest BCUT2D eigenvalue weighted by molar-refractivity contribution is 0.134. The zero-order valence-corrected chi connectivity index (χ0v) is 11.7. The lowest BCUT2D eigenvalue weighted by Gasteiger charge is -2.38. The molecule has 1 heteroatoms. The van der Waals surface area contributed by atoms with E-state index in [2.05, 4.69) is 19.2 Å². The molecule has 0 aliphatic heterocycles. The molecule has 1 atom stereocenters. The van der Waals surface area contributed by atoms with Crippen LogP contribution in [0.2, 0.25) is 0 Å². The van der Waals surface area contributed by atoms with Crippen LogP contribution in [-0.2, 0) is 0 Å². The largest absolute Gasteiger partial charge is 0.314 e. The van der Waals surface area contributed by atoms with Crippen molar-refractivity contribution in [3.63, 3.8) is 0 Å². The zero-order valence-electron chi connectivity index (χ0n) is 11.7. The van der Waals surface area contributed by atoms with Gasteiger partial charge in [-0.1, -0.05) is 26.7 Å². The fourth-order valence-corrected chi connectivity index (χ4v) is 4.61. The third-order valence-electron chi connectivity index (χ3n) is 6.10. The summed E-state index contributed by atoms with van der Waals surface area (Å²) in [4.78, 5) is 0. The third-order valence-corrected chi connectivity index (χ3v) is 6.10. The summed E-state index contributed by atoms with van der Waals surface area (Å²) < 4.78 is 0. The Labute approximate surface area is 107 Å². The van der Waals surface area contributed by atoms with Crippen LogP contribution in [0.1, 0.15) is 71.6 Å². The average molecular weight is 235 g/mol. The normalized spacial score (nSPS) is 33.7. The van der Waals surface area contributed by atoms with Gasteiger partial charge in [0, 0.05) is 6.04 Å². The Balaban J connectivity index is 1.49. The van der Waals surface area contributed by atoms with E-state index in [9.17, 15) is 0 Å². The van der Waals surface area contributed by atoms with E-state index < -0.39 is 0 Å². The van der Waals surface area contributed by atoms with Crippen LogP contribution in [0.3, 0.4) is 0 Å². The lowest BCUT2D eigenvalue weighted by atomic mass is 9.67. The van der Waals surface area contributed by atoms with E-state index in [4.69, 9.17) is 0 Å². The van der Waals surface area contributed by atoms with Crippen LogP contribution < -0.4 is 5.32 Å². The second-order valence-electron chi connectivity index (χ2n) is 7.53. The molecule has 17 heavy (non-hydrogen) atoms. The van der Waals surface area contributed by atoms with Gasteiger partial charge in [0.15, 0.2) is 0 Å². The van der Waals surface area contributed by atoms with Gasteiger partial charge in [-0.15, -0.1) is 0 Å². The van der Waals surface area contributed by atoms with Gasteiger partial charge < -0.3 is 5.32 Å². The van der Waals surface area contributed by atoms with Gasteiger partial charge in [0.25, 0.3) is 0 Å². The van der Waals surface area contributed by atoms with E-state index in [-0.39, 0.29) is 0 Å². The molecule has 1 nitrogen and oxygen atoms in total. The molecule has 3 rings (SSSR count). The van der Waals surface area contributed by atoms with Crippen molar-refractivity contribution in [1.29, 1.82) is 0 Å². The summed E-state index contributed by atoms with van der Waals surface area (Å²) in [5, 5.41) is 3.64. The Kier molecular flexibility index (Phi) is 3.01. The van der Waals surface area contributed by atoms with Gasteiger partial charge in [-0.3, -0.25) is 0 Å². The fourth-order valence-electron chi connectivity index (χ4n) is 4.61. The van der Waals surface area contributed by atoms with Crippen molar-refractivity contribution in [1.82, 2.24) is 5.32 Å². The van der Waals surface area contributed by atoms with Gasteiger partial charge in [0.2, 0.25) is 0 Å². The molecule has 98 valence electrons. The van der Waals surface area contributed by atoms with Gasteiger partial charge in [-0.25, -0.2) is 0 Å². The SMILES string of the molecule is CC(C)NCC1CC12CCC1(CCCC1)CC2. The van der Waals surface area contributed by atoms with Crippen LogP contribution in [0, 0.1) is 16.7 Å². The molecule has 0 aromatic carbocycles. The van der Waals surface area contributed by atoms with E-state index in [1.54, 1.807) is 38.5 Å². The molecule has 2 spiro atoms. The molecule has 0 saturated heterocycles. The molecular formula is C16H29N. The molecule has 0 radical (unpaired) electrons. The first-order valence-electron chi connectivity index (χ1n) is 7.88. The van der Waals surface area contributed by atoms with Crippen molar-refractivity contribution < 1.29 is 0 Å². The second kappa shape index (κ2) is 4.26. The summed E-state index contributed by atoms with van der Waals surface area (Å²) in [5.74, 6) is 1.02. The van der Waals surface area contributed by atoms with Crippen LogP contribution in [0.4, 0.5) is 0 Å². The Morgan fingerprint density at radius 1 is 1.00 bits per heavy atom. The molecule has 3 aliphatic carbocycles. The van der Waals surface area contributed by atoms with Crippen molar-refractivity contribution in [3.8, 4) is 0 Å². The summed E-state index contributed by atoms with van der Waals surface area (Å²) >= 11 is 0. The third kappa shape index (κ3) is 2.28. The second-order valence-corrected chi connectivity index (χ2v) is 7.53.